The molecule has 0 spiro atoms. The maximum atomic E-state index is 13.7. The molecule has 0 aliphatic heterocycles. The van der Waals surface area contributed by atoms with Crippen LogP contribution in [0.2, 0.25) is 0 Å². The van der Waals surface area contributed by atoms with Crippen LogP contribution in [0, 0.1) is 12.7 Å². The summed E-state index contributed by atoms with van der Waals surface area (Å²) in [6, 6.07) is 5.00. The molecule has 3 nitrogen and oxygen atoms in total. The number of nitrogens with two attached hydrogens (primary N) is 1. The van der Waals surface area contributed by atoms with E-state index in [-0.39, 0.29) is 24.2 Å². The van der Waals surface area contributed by atoms with Crippen LogP contribution >= 0.6 is 0 Å². The smallest absolute Gasteiger partial charge is 0.167 e. The largest absolute Gasteiger partial charge is 0.488 e. The zero-order chi connectivity index (χ0) is 13.1. The van der Waals surface area contributed by atoms with Crippen LogP contribution in [0.15, 0.2) is 18.2 Å². The number of benzene rings is 1. The normalized spacial score (nSPS) is 16.4. The van der Waals surface area contributed by atoms with Crippen molar-refractivity contribution in [3.63, 3.8) is 0 Å². The number of rotatable bonds is 5. The van der Waals surface area contributed by atoms with Gasteiger partial charge in [-0.25, -0.2) is 4.39 Å². The van der Waals surface area contributed by atoms with E-state index in [0.29, 0.717) is 12.0 Å². The Labute approximate surface area is 101 Å². The molecule has 0 saturated heterocycles. The lowest BCUT2D eigenvalue weighted by Gasteiger charge is -2.25. The number of halogens is 1. The van der Waals surface area contributed by atoms with E-state index in [1.165, 1.54) is 0 Å². The maximum Gasteiger partial charge on any atom is 0.167 e. The van der Waals surface area contributed by atoms with Gasteiger partial charge >= 0.3 is 0 Å². The van der Waals surface area contributed by atoms with E-state index in [1.807, 2.05) is 0 Å². The van der Waals surface area contributed by atoms with Crippen molar-refractivity contribution in [1.82, 2.24) is 0 Å². The Morgan fingerprint density at radius 1 is 1.53 bits per heavy atom. The summed E-state index contributed by atoms with van der Waals surface area (Å²) in [6.45, 7) is 5.26. The molecule has 0 amide bonds. The van der Waals surface area contributed by atoms with Gasteiger partial charge in [-0.05, 0) is 32.4 Å². The molecule has 0 aromatic heterocycles. The minimum Gasteiger partial charge on any atom is -0.488 e. The SMILES string of the molecule is Cc1cccc(OC(C)CC(C)(O)CN)c1F. The number of hydrogen-bond acceptors (Lipinski definition) is 3. The fourth-order valence-corrected chi connectivity index (χ4v) is 1.67. The van der Waals surface area contributed by atoms with Crippen molar-refractivity contribution in [2.24, 2.45) is 5.73 Å². The van der Waals surface area contributed by atoms with Gasteiger partial charge in [0.1, 0.15) is 0 Å². The van der Waals surface area contributed by atoms with E-state index < -0.39 is 5.60 Å². The molecule has 2 atom stereocenters. The quantitative estimate of drug-likeness (QED) is 0.829. The van der Waals surface area contributed by atoms with Gasteiger partial charge in [0.05, 0.1) is 11.7 Å². The summed E-state index contributed by atoms with van der Waals surface area (Å²) in [4.78, 5) is 0. The van der Waals surface area contributed by atoms with Crippen LogP contribution in [0.25, 0.3) is 0 Å². The average Bonchev–Trinajstić information content (AvgIpc) is 2.24. The molecule has 1 aromatic carbocycles. The van der Waals surface area contributed by atoms with Gasteiger partial charge in [0.2, 0.25) is 0 Å². The second-order valence-electron chi connectivity index (χ2n) is 4.72. The standard InChI is InChI=1S/C13H20FNO2/c1-9-5-4-6-11(12(9)14)17-10(2)7-13(3,16)8-15/h4-6,10,16H,7-8,15H2,1-3H3. The zero-order valence-electron chi connectivity index (χ0n) is 10.5. The van der Waals surface area contributed by atoms with Crippen molar-refractivity contribution in [3.05, 3.63) is 29.6 Å². The summed E-state index contributed by atoms with van der Waals surface area (Å²) in [5, 5.41) is 9.80. The van der Waals surface area contributed by atoms with Crippen LogP contribution in [0.4, 0.5) is 4.39 Å². The second kappa shape index (κ2) is 5.47. The molecule has 1 rings (SSSR count). The second-order valence-corrected chi connectivity index (χ2v) is 4.72. The lowest BCUT2D eigenvalue weighted by Crippen LogP contribution is -2.38. The van der Waals surface area contributed by atoms with Crippen molar-refractivity contribution < 1.29 is 14.2 Å². The summed E-state index contributed by atoms with van der Waals surface area (Å²) in [5.74, 6) is -0.142. The first-order valence-electron chi connectivity index (χ1n) is 5.70. The Kier molecular flexibility index (Phi) is 4.48. The van der Waals surface area contributed by atoms with E-state index >= 15 is 0 Å². The minimum absolute atomic E-state index is 0.150. The molecule has 0 aliphatic carbocycles. The molecule has 17 heavy (non-hydrogen) atoms. The first-order chi connectivity index (χ1) is 7.85. The van der Waals surface area contributed by atoms with E-state index in [9.17, 15) is 9.50 Å². The van der Waals surface area contributed by atoms with Gasteiger partial charge in [-0.1, -0.05) is 12.1 Å². The zero-order valence-corrected chi connectivity index (χ0v) is 10.5. The van der Waals surface area contributed by atoms with Gasteiger partial charge in [0.15, 0.2) is 11.6 Å². The molecule has 3 N–H and O–H groups in total. The molecule has 0 bridgehead atoms. The Bertz CT molecular complexity index is 380. The molecular formula is C13H20FNO2. The van der Waals surface area contributed by atoms with Gasteiger partial charge in [0, 0.05) is 13.0 Å². The molecule has 0 saturated carbocycles. The summed E-state index contributed by atoms with van der Waals surface area (Å²) in [5.41, 5.74) is 4.98. The lowest BCUT2D eigenvalue weighted by atomic mass is 9.99. The Balaban J connectivity index is 2.68. The highest BCUT2D eigenvalue weighted by Crippen LogP contribution is 2.23. The minimum atomic E-state index is -0.986. The number of ether oxygens (including phenoxy) is 1. The first kappa shape index (κ1) is 13.9. The van der Waals surface area contributed by atoms with Gasteiger partial charge in [0.25, 0.3) is 0 Å². The first-order valence-corrected chi connectivity index (χ1v) is 5.70. The third-order valence-electron chi connectivity index (χ3n) is 2.65. The number of hydrogen-bond donors (Lipinski definition) is 2. The van der Waals surface area contributed by atoms with Crippen LogP contribution < -0.4 is 10.5 Å². The van der Waals surface area contributed by atoms with Crippen molar-refractivity contribution in [1.29, 1.82) is 0 Å². The molecule has 2 unspecified atom stereocenters. The Morgan fingerprint density at radius 3 is 2.76 bits per heavy atom. The summed E-state index contributed by atoms with van der Waals surface area (Å²) < 4.78 is 19.1. The predicted octanol–water partition coefficient (Wildman–Crippen LogP) is 2.00. The highest BCUT2D eigenvalue weighted by Gasteiger charge is 2.23. The molecule has 0 radical (unpaired) electrons. The predicted molar refractivity (Wildman–Crippen MR) is 65.5 cm³/mol. The lowest BCUT2D eigenvalue weighted by molar-refractivity contribution is 0.0228. The highest BCUT2D eigenvalue weighted by molar-refractivity contribution is 5.30. The fourth-order valence-electron chi connectivity index (χ4n) is 1.67. The third-order valence-corrected chi connectivity index (χ3v) is 2.65. The maximum absolute atomic E-state index is 13.7. The molecular weight excluding hydrogens is 221 g/mol. The van der Waals surface area contributed by atoms with Crippen molar-refractivity contribution in [2.75, 3.05) is 6.54 Å². The van der Waals surface area contributed by atoms with E-state index in [0.717, 1.165) is 0 Å². The van der Waals surface area contributed by atoms with Crippen molar-refractivity contribution >= 4 is 0 Å². The average molecular weight is 241 g/mol. The van der Waals surface area contributed by atoms with E-state index in [2.05, 4.69) is 0 Å². The van der Waals surface area contributed by atoms with Crippen LogP contribution in [-0.2, 0) is 0 Å². The van der Waals surface area contributed by atoms with Crippen LogP contribution in [-0.4, -0.2) is 23.4 Å². The molecule has 1 aromatic rings. The van der Waals surface area contributed by atoms with Gasteiger partial charge < -0.3 is 15.6 Å². The molecule has 96 valence electrons. The third kappa shape index (κ3) is 3.98. The summed E-state index contributed by atoms with van der Waals surface area (Å²) in [7, 11) is 0. The van der Waals surface area contributed by atoms with Crippen LogP contribution in [0.5, 0.6) is 5.75 Å². The van der Waals surface area contributed by atoms with Crippen LogP contribution in [0.1, 0.15) is 25.8 Å². The van der Waals surface area contributed by atoms with Crippen molar-refractivity contribution in [3.8, 4) is 5.75 Å². The van der Waals surface area contributed by atoms with Gasteiger partial charge in [-0.15, -0.1) is 0 Å². The Hall–Kier alpha value is -1.13. The van der Waals surface area contributed by atoms with E-state index in [4.69, 9.17) is 10.5 Å². The molecule has 0 aliphatic rings. The summed E-state index contributed by atoms with van der Waals surface area (Å²) in [6.07, 6.45) is 0.0570. The number of aliphatic hydroxyl groups is 1. The van der Waals surface area contributed by atoms with Crippen LogP contribution in [0.3, 0.4) is 0 Å². The highest BCUT2D eigenvalue weighted by atomic mass is 19.1. The van der Waals surface area contributed by atoms with E-state index in [1.54, 1.807) is 39.0 Å². The van der Waals surface area contributed by atoms with Gasteiger partial charge in [-0.2, -0.15) is 0 Å². The van der Waals surface area contributed by atoms with Gasteiger partial charge in [-0.3, -0.25) is 0 Å². The topological polar surface area (TPSA) is 55.5 Å². The Morgan fingerprint density at radius 2 is 2.18 bits per heavy atom. The summed E-state index contributed by atoms with van der Waals surface area (Å²) >= 11 is 0. The number of aryl methyl sites for hydroxylation is 1. The molecule has 0 fully saturated rings. The molecule has 4 heteroatoms. The molecule has 0 heterocycles. The van der Waals surface area contributed by atoms with Crippen molar-refractivity contribution in [2.45, 2.75) is 38.9 Å². The monoisotopic (exact) mass is 241 g/mol. The fraction of sp³-hybridized carbons (Fsp3) is 0.538.